The van der Waals surface area contributed by atoms with E-state index in [1.54, 1.807) is 19.4 Å². The van der Waals surface area contributed by atoms with Gasteiger partial charge in [0, 0.05) is 17.8 Å². The highest BCUT2D eigenvalue weighted by atomic mass is 32.2. The first-order valence-corrected chi connectivity index (χ1v) is 11.3. The van der Waals surface area contributed by atoms with E-state index in [1.165, 1.54) is 6.08 Å². The standard InChI is InChI=1S/C24H20N2O5S/c1-29-24-21(6-3-13-25-24)31-19-5-2-4-17-18(19)11-12-20(17)30-16-9-7-15(8-10-16)22-14-23(27)26-32(22)28/h2-10,13-14,20H,11-12H2,1H3,(H,26,27). The van der Waals surface area contributed by atoms with Crippen LogP contribution in [0.1, 0.15) is 29.2 Å². The summed E-state index contributed by atoms with van der Waals surface area (Å²) in [6.45, 7) is 0. The van der Waals surface area contributed by atoms with Gasteiger partial charge in [-0.05, 0) is 54.3 Å². The molecule has 2 aromatic carbocycles. The van der Waals surface area contributed by atoms with Gasteiger partial charge in [0.05, 0.1) is 12.0 Å². The summed E-state index contributed by atoms with van der Waals surface area (Å²) >= 11 is 0. The molecule has 1 aliphatic heterocycles. The molecule has 1 aliphatic carbocycles. The molecule has 8 heteroatoms. The van der Waals surface area contributed by atoms with Crippen LogP contribution in [0.15, 0.2) is 66.9 Å². The molecule has 0 spiro atoms. The monoisotopic (exact) mass is 448 g/mol. The molecule has 0 radical (unpaired) electrons. The molecule has 0 fully saturated rings. The molecule has 7 nitrogen and oxygen atoms in total. The van der Waals surface area contributed by atoms with Gasteiger partial charge in [-0.1, -0.05) is 24.3 Å². The third kappa shape index (κ3) is 3.85. The van der Waals surface area contributed by atoms with E-state index in [0.717, 1.165) is 35.3 Å². The zero-order valence-electron chi connectivity index (χ0n) is 17.2. The number of benzene rings is 2. The highest BCUT2D eigenvalue weighted by Crippen LogP contribution is 2.42. The summed E-state index contributed by atoms with van der Waals surface area (Å²) in [5.41, 5.74) is 2.92. The Bertz CT molecular complexity index is 1240. The Morgan fingerprint density at radius 2 is 1.88 bits per heavy atom. The van der Waals surface area contributed by atoms with Crippen molar-refractivity contribution in [3.05, 3.63) is 83.6 Å². The SMILES string of the molecule is COc1ncccc1Oc1cccc2c1CCC2Oc1ccc(C2=CC(=O)NS2=O)cc1. The van der Waals surface area contributed by atoms with Crippen LogP contribution in [0, 0.1) is 0 Å². The van der Waals surface area contributed by atoms with Gasteiger partial charge in [0.25, 0.3) is 11.8 Å². The van der Waals surface area contributed by atoms with E-state index in [4.69, 9.17) is 14.2 Å². The summed E-state index contributed by atoms with van der Waals surface area (Å²) < 4.78 is 32.0. The molecule has 32 heavy (non-hydrogen) atoms. The minimum Gasteiger partial charge on any atom is -0.486 e. The zero-order chi connectivity index (χ0) is 22.1. The van der Waals surface area contributed by atoms with Gasteiger partial charge in [0.2, 0.25) is 0 Å². The average molecular weight is 449 g/mol. The third-order valence-corrected chi connectivity index (χ3v) is 6.53. The van der Waals surface area contributed by atoms with Crippen molar-refractivity contribution in [3.63, 3.8) is 0 Å². The smallest absolute Gasteiger partial charge is 0.257 e. The fourth-order valence-corrected chi connectivity index (χ4v) is 4.84. The summed E-state index contributed by atoms with van der Waals surface area (Å²) in [6.07, 6.45) is 4.58. The lowest BCUT2D eigenvalue weighted by molar-refractivity contribution is -0.114. The van der Waals surface area contributed by atoms with Crippen LogP contribution in [0.3, 0.4) is 0 Å². The lowest BCUT2D eigenvalue weighted by atomic mass is 10.1. The van der Waals surface area contributed by atoms with E-state index < -0.39 is 11.0 Å². The highest BCUT2D eigenvalue weighted by molar-refractivity contribution is 7.93. The van der Waals surface area contributed by atoms with Crippen LogP contribution < -0.4 is 18.9 Å². The Hall–Kier alpha value is -3.65. The van der Waals surface area contributed by atoms with E-state index >= 15 is 0 Å². The molecule has 0 saturated heterocycles. The van der Waals surface area contributed by atoms with Gasteiger partial charge >= 0.3 is 0 Å². The molecule has 1 N–H and O–H groups in total. The summed E-state index contributed by atoms with van der Waals surface area (Å²) in [5.74, 6) is 2.13. The number of methoxy groups -OCH3 is 1. The maximum atomic E-state index is 11.9. The molecule has 2 heterocycles. The van der Waals surface area contributed by atoms with Crippen molar-refractivity contribution in [3.8, 4) is 23.1 Å². The molecule has 0 saturated carbocycles. The Balaban J connectivity index is 1.34. The van der Waals surface area contributed by atoms with Crippen LogP contribution in [0.25, 0.3) is 4.91 Å². The fourth-order valence-electron chi connectivity index (χ4n) is 3.93. The molecule has 3 aromatic rings. The topological polar surface area (TPSA) is 86.8 Å². The lowest BCUT2D eigenvalue weighted by Gasteiger charge is -2.16. The summed E-state index contributed by atoms with van der Waals surface area (Å²) in [6, 6.07) is 16.8. The van der Waals surface area contributed by atoms with Gasteiger partial charge in [-0.3, -0.25) is 9.52 Å². The number of aromatic nitrogens is 1. The van der Waals surface area contributed by atoms with Crippen molar-refractivity contribution in [1.29, 1.82) is 0 Å². The Labute approximate surface area is 187 Å². The van der Waals surface area contributed by atoms with Gasteiger partial charge in [-0.2, -0.15) is 0 Å². The van der Waals surface area contributed by atoms with Crippen molar-refractivity contribution >= 4 is 21.8 Å². The van der Waals surface area contributed by atoms with Crippen LogP contribution in [0.2, 0.25) is 0 Å². The molecule has 0 bridgehead atoms. The first kappa shape index (κ1) is 20.3. The maximum absolute atomic E-state index is 11.9. The van der Waals surface area contributed by atoms with E-state index in [0.29, 0.717) is 22.3 Å². The van der Waals surface area contributed by atoms with Crippen molar-refractivity contribution in [1.82, 2.24) is 9.71 Å². The molecule has 2 atom stereocenters. The van der Waals surface area contributed by atoms with Crippen molar-refractivity contribution < 1.29 is 23.2 Å². The normalized spacial score (nSPS) is 19.2. The van der Waals surface area contributed by atoms with Crippen LogP contribution >= 0.6 is 0 Å². The van der Waals surface area contributed by atoms with Crippen LogP contribution in [-0.4, -0.2) is 22.2 Å². The van der Waals surface area contributed by atoms with Crippen LogP contribution in [0.5, 0.6) is 23.1 Å². The number of nitrogens with zero attached hydrogens (tertiary/aromatic N) is 1. The quantitative estimate of drug-likeness (QED) is 0.611. The first-order valence-electron chi connectivity index (χ1n) is 10.1. The minimum absolute atomic E-state index is 0.0988. The molecule has 1 amide bonds. The molecule has 2 aliphatic rings. The van der Waals surface area contributed by atoms with Crippen LogP contribution in [-0.2, 0) is 22.2 Å². The first-order chi connectivity index (χ1) is 15.6. The van der Waals surface area contributed by atoms with Gasteiger partial charge in [0.1, 0.15) is 17.6 Å². The largest absolute Gasteiger partial charge is 0.486 e. The lowest BCUT2D eigenvalue weighted by Crippen LogP contribution is -2.16. The van der Waals surface area contributed by atoms with Crippen molar-refractivity contribution in [2.45, 2.75) is 18.9 Å². The molecule has 162 valence electrons. The number of amides is 1. The van der Waals surface area contributed by atoms with Crippen molar-refractivity contribution in [2.24, 2.45) is 0 Å². The summed E-state index contributed by atoms with van der Waals surface area (Å²) in [5, 5.41) is 0. The van der Waals surface area contributed by atoms with Gasteiger partial charge in [-0.25, -0.2) is 9.19 Å². The van der Waals surface area contributed by atoms with E-state index in [-0.39, 0.29) is 12.0 Å². The summed E-state index contributed by atoms with van der Waals surface area (Å²) in [4.78, 5) is 16.1. The fraction of sp³-hybridized carbons (Fsp3) is 0.167. The number of ether oxygens (including phenoxy) is 3. The second-order valence-electron chi connectivity index (χ2n) is 7.35. The van der Waals surface area contributed by atoms with E-state index in [1.807, 2.05) is 42.5 Å². The number of fused-ring (bicyclic) bond motifs is 1. The Morgan fingerprint density at radius 1 is 1.06 bits per heavy atom. The molecule has 1 aromatic heterocycles. The van der Waals surface area contributed by atoms with Gasteiger partial charge in [0.15, 0.2) is 16.7 Å². The zero-order valence-corrected chi connectivity index (χ0v) is 18.1. The molecular formula is C24H20N2O5S. The average Bonchev–Trinajstić information content (AvgIpc) is 3.37. The Morgan fingerprint density at radius 3 is 2.62 bits per heavy atom. The second kappa shape index (κ2) is 8.47. The number of carbonyl (C=O) groups excluding carboxylic acids is 1. The Kier molecular flexibility index (Phi) is 5.36. The number of hydrogen-bond acceptors (Lipinski definition) is 6. The summed E-state index contributed by atoms with van der Waals surface area (Å²) in [7, 11) is 0.0538. The van der Waals surface area contributed by atoms with Gasteiger partial charge < -0.3 is 14.2 Å². The number of nitrogens with one attached hydrogen (secondary N) is 1. The molecule has 5 rings (SSSR count). The highest BCUT2D eigenvalue weighted by Gasteiger charge is 2.28. The van der Waals surface area contributed by atoms with E-state index in [9.17, 15) is 9.00 Å². The van der Waals surface area contributed by atoms with Crippen LogP contribution in [0.4, 0.5) is 0 Å². The predicted molar refractivity (Wildman–Crippen MR) is 120 cm³/mol. The molecular weight excluding hydrogens is 428 g/mol. The number of rotatable bonds is 6. The maximum Gasteiger partial charge on any atom is 0.257 e. The minimum atomic E-state index is -1.51. The second-order valence-corrected chi connectivity index (χ2v) is 8.53. The van der Waals surface area contributed by atoms with Gasteiger partial charge in [-0.15, -0.1) is 0 Å². The van der Waals surface area contributed by atoms with Crippen molar-refractivity contribution in [2.75, 3.05) is 7.11 Å². The third-order valence-electron chi connectivity index (χ3n) is 5.39. The number of pyridine rings is 1. The molecule has 2 unspecified atom stereocenters. The predicted octanol–water partition coefficient (Wildman–Crippen LogP) is 4.08. The number of carbonyl (C=O) groups is 1. The van der Waals surface area contributed by atoms with E-state index in [2.05, 4.69) is 15.8 Å². The number of hydrogen-bond donors (Lipinski definition) is 1.